The summed E-state index contributed by atoms with van der Waals surface area (Å²) in [5, 5.41) is 3.18. The Bertz CT molecular complexity index is 225. The fourth-order valence-electron chi connectivity index (χ4n) is 2.24. The van der Waals surface area contributed by atoms with Crippen LogP contribution in [-0.2, 0) is 4.79 Å². The van der Waals surface area contributed by atoms with Crippen molar-refractivity contribution in [2.45, 2.75) is 46.6 Å². The van der Waals surface area contributed by atoms with Crippen LogP contribution in [0.15, 0.2) is 0 Å². The van der Waals surface area contributed by atoms with E-state index >= 15 is 0 Å². The Morgan fingerprint density at radius 1 is 1.29 bits per heavy atom. The number of hydrogen-bond donors (Lipinski definition) is 1. The number of nitrogens with zero attached hydrogens (tertiary/aromatic N) is 1. The van der Waals surface area contributed by atoms with Crippen LogP contribution >= 0.6 is 12.4 Å². The zero-order chi connectivity index (χ0) is 12.1. The smallest absolute Gasteiger partial charge is 0.228 e. The predicted octanol–water partition coefficient (Wildman–Crippen LogP) is 2.30. The molecule has 102 valence electrons. The van der Waals surface area contributed by atoms with Crippen LogP contribution in [0.4, 0.5) is 0 Å². The van der Waals surface area contributed by atoms with Crippen molar-refractivity contribution in [1.82, 2.24) is 10.2 Å². The molecule has 1 fully saturated rings. The van der Waals surface area contributed by atoms with Crippen LogP contribution < -0.4 is 5.32 Å². The second kappa shape index (κ2) is 7.93. The van der Waals surface area contributed by atoms with Crippen LogP contribution in [-0.4, -0.2) is 36.5 Å². The summed E-state index contributed by atoms with van der Waals surface area (Å²) in [4.78, 5) is 14.4. The summed E-state index contributed by atoms with van der Waals surface area (Å²) < 4.78 is 0. The largest absolute Gasteiger partial charge is 0.339 e. The van der Waals surface area contributed by atoms with Crippen molar-refractivity contribution in [2.75, 3.05) is 19.6 Å². The summed E-state index contributed by atoms with van der Waals surface area (Å²) in [5.74, 6) is 1.15. The number of halogens is 1. The lowest BCUT2D eigenvalue weighted by molar-refractivity contribution is -0.140. The molecule has 1 saturated heterocycles. The van der Waals surface area contributed by atoms with Gasteiger partial charge in [0.25, 0.3) is 0 Å². The van der Waals surface area contributed by atoms with Crippen molar-refractivity contribution >= 4 is 18.3 Å². The van der Waals surface area contributed by atoms with Gasteiger partial charge in [0.05, 0.1) is 5.92 Å². The second-order valence-corrected chi connectivity index (χ2v) is 5.21. The van der Waals surface area contributed by atoms with E-state index in [4.69, 9.17) is 0 Å². The van der Waals surface area contributed by atoms with E-state index in [0.717, 1.165) is 32.5 Å². The van der Waals surface area contributed by atoms with Crippen molar-refractivity contribution in [3.8, 4) is 0 Å². The molecule has 0 saturated carbocycles. The first-order valence-electron chi connectivity index (χ1n) is 6.61. The Kier molecular flexibility index (Phi) is 7.80. The van der Waals surface area contributed by atoms with Gasteiger partial charge in [-0.3, -0.25) is 4.79 Å². The topological polar surface area (TPSA) is 32.3 Å². The summed E-state index contributed by atoms with van der Waals surface area (Å²) in [6.45, 7) is 11.4. The van der Waals surface area contributed by atoms with E-state index in [0.29, 0.717) is 17.9 Å². The third-order valence-corrected chi connectivity index (χ3v) is 3.36. The van der Waals surface area contributed by atoms with E-state index in [1.54, 1.807) is 0 Å². The van der Waals surface area contributed by atoms with E-state index in [1.165, 1.54) is 0 Å². The van der Waals surface area contributed by atoms with Gasteiger partial charge in [0.15, 0.2) is 0 Å². The van der Waals surface area contributed by atoms with Crippen molar-refractivity contribution < 1.29 is 4.79 Å². The highest BCUT2D eigenvalue weighted by molar-refractivity contribution is 5.85. The molecule has 0 bridgehead atoms. The van der Waals surface area contributed by atoms with Crippen molar-refractivity contribution in [3.63, 3.8) is 0 Å². The monoisotopic (exact) mass is 262 g/mol. The van der Waals surface area contributed by atoms with E-state index in [-0.39, 0.29) is 18.3 Å². The first kappa shape index (κ1) is 16.7. The highest BCUT2D eigenvalue weighted by Gasteiger charge is 2.32. The molecule has 0 atom stereocenters. The fraction of sp³-hybridized carbons (Fsp3) is 0.923. The van der Waals surface area contributed by atoms with Crippen LogP contribution in [0.1, 0.15) is 40.5 Å². The number of carbonyl (C=O) groups excluding carboxylic acids is 1. The van der Waals surface area contributed by atoms with E-state index in [2.05, 4.69) is 37.9 Å². The average Bonchev–Trinajstić information content (AvgIpc) is 2.14. The highest BCUT2D eigenvalue weighted by atomic mass is 35.5. The highest BCUT2D eigenvalue weighted by Crippen LogP contribution is 2.17. The zero-order valence-electron chi connectivity index (χ0n) is 11.5. The third-order valence-electron chi connectivity index (χ3n) is 3.36. The van der Waals surface area contributed by atoms with Crippen LogP contribution in [0.2, 0.25) is 0 Å². The lowest BCUT2D eigenvalue weighted by Gasteiger charge is -2.37. The Morgan fingerprint density at radius 2 is 1.82 bits per heavy atom. The molecule has 0 aliphatic carbocycles. The molecule has 0 aromatic rings. The maximum absolute atomic E-state index is 12.3. The fourth-order valence-corrected chi connectivity index (χ4v) is 2.24. The van der Waals surface area contributed by atoms with Crippen LogP contribution in [0, 0.1) is 11.8 Å². The molecule has 0 aromatic carbocycles. The van der Waals surface area contributed by atoms with E-state index in [9.17, 15) is 4.79 Å². The van der Waals surface area contributed by atoms with Crippen molar-refractivity contribution in [3.05, 3.63) is 0 Å². The molecule has 17 heavy (non-hydrogen) atoms. The number of rotatable bonds is 6. The normalized spacial score (nSPS) is 15.6. The van der Waals surface area contributed by atoms with Gasteiger partial charge in [-0.15, -0.1) is 12.4 Å². The third kappa shape index (κ3) is 4.47. The van der Waals surface area contributed by atoms with Gasteiger partial charge in [-0.1, -0.05) is 27.7 Å². The Morgan fingerprint density at radius 3 is 2.12 bits per heavy atom. The van der Waals surface area contributed by atoms with Crippen molar-refractivity contribution in [1.29, 1.82) is 0 Å². The molecule has 1 aliphatic heterocycles. The molecular formula is C13H27ClN2O. The molecule has 1 N–H and O–H groups in total. The standard InChI is InChI=1S/C13H26N2O.ClH/c1-5-12(6-2)15(9-10(3)4)13(16)11-7-14-8-11;/h10-12,14H,5-9H2,1-4H3;1H. The van der Waals surface area contributed by atoms with Crippen LogP contribution in [0.5, 0.6) is 0 Å². The lowest BCUT2D eigenvalue weighted by atomic mass is 9.98. The summed E-state index contributed by atoms with van der Waals surface area (Å²) in [5.41, 5.74) is 0. The Hall–Kier alpha value is -0.280. The van der Waals surface area contributed by atoms with E-state index in [1.807, 2.05) is 0 Å². The van der Waals surface area contributed by atoms with Gasteiger partial charge in [-0.05, 0) is 18.8 Å². The first-order valence-corrected chi connectivity index (χ1v) is 6.61. The Balaban J connectivity index is 0.00000256. The molecule has 4 heteroatoms. The number of nitrogens with one attached hydrogen (secondary N) is 1. The van der Waals surface area contributed by atoms with Gasteiger partial charge in [0.1, 0.15) is 0 Å². The minimum Gasteiger partial charge on any atom is -0.339 e. The maximum atomic E-state index is 12.3. The van der Waals surface area contributed by atoms with Crippen LogP contribution in [0.3, 0.4) is 0 Å². The van der Waals surface area contributed by atoms with Gasteiger partial charge < -0.3 is 10.2 Å². The second-order valence-electron chi connectivity index (χ2n) is 5.21. The molecule has 3 nitrogen and oxygen atoms in total. The summed E-state index contributed by atoms with van der Waals surface area (Å²) in [7, 11) is 0. The Labute approximate surface area is 112 Å². The van der Waals surface area contributed by atoms with Gasteiger partial charge in [0, 0.05) is 25.7 Å². The number of amides is 1. The summed E-state index contributed by atoms with van der Waals surface area (Å²) in [6.07, 6.45) is 2.13. The molecule has 0 aromatic heterocycles. The number of hydrogen-bond acceptors (Lipinski definition) is 2. The minimum atomic E-state index is 0. The molecule has 0 spiro atoms. The summed E-state index contributed by atoms with van der Waals surface area (Å²) >= 11 is 0. The van der Waals surface area contributed by atoms with Gasteiger partial charge >= 0.3 is 0 Å². The maximum Gasteiger partial charge on any atom is 0.228 e. The van der Waals surface area contributed by atoms with Crippen LogP contribution in [0.25, 0.3) is 0 Å². The molecule has 1 heterocycles. The number of carbonyl (C=O) groups is 1. The molecule has 1 aliphatic rings. The summed E-state index contributed by atoms with van der Waals surface area (Å²) in [6, 6.07) is 0.426. The average molecular weight is 263 g/mol. The molecule has 1 amide bonds. The molecule has 0 radical (unpaired) electrons. The molecule has 1 rings (SSSR count). The van der Waals surface area contributed by atoms with E-state index < -0.39 is 0 Å². The first-order chi connectivity index (χ1) is 7.60. The lowest BCUT2D eigenvalue weighted by Crippen LogP contribution is -2.54. The molecular weight excluding hydrogens is 236 g/mol. The van der Waals surface area contributed by atoms with Crippen molar-refractivity contribution in [2.24, 2.45) is 11.8 Å². The van der Waals surface area contributed by atoms with Gasteiger partial charge in [-0.25, -0.2) is 0 Å². The van der Waals surface area contributed by atoms with Gasteiger partial charge in [-0.2, -0.15) is 0 Å². The quantitative estimate of drug-likeness (QED) is 0.797. The minimum absolute atomic E-state index is 0. The SMILES string of the molecule is CCC(CC)N(CC(C)C)C(=O)C1CNC1.Cl. The van der Waals surface area contributed by atoms with Gasteiger partial charge in [0.2, 0.25) is 5.91 Å². The zero-order valence-corrected chi connectivity index (χ0v) is 12.3. The molecule has 0 unspecified atom stereocenters. The predicted molar refractivity (Wildman–Crippen MR) is 74.5 cm³/mol.